The maximum Gasteiger partial charge on any atom is 0.324 e. The van der Waals surface area contributed by atoms with Gasteiger partial charge in [0, 0.05) is 18.7 Å². The van der Waals surface area contributed by atoms with Crippen molar-refractivity contribution in [2.75, 3.05) is 24.6 Å². The summed E-state index contributed by atoms with van der Waals surface area (Å²) < 4.78 is 11.0. The normalized spacial score (nSPS) is 18.1. The van der Waals surface area contributed by atoms with Crippen LogP contribution in [0.2, 0.25) is 0 Å². The van der Waals surface area contributed by atoms with Crippen LogP contribution in [0.4, 0.5) is 6.01 Å². The van der Waals surface area contributed by atoms with E-state index in [1.165, 1.54) is 5.56 Å². The Balaban J connectivity index is 1.68. The zero-order chi connectivity index (χ0) is 14.7. The third-order valence-electron chi connectivity index (χ3n) is 3.59. The summed E-state index contributed by atoms with van der Waals surface area (Å²) in [5.41, 5.74) is 2.18. The van der Waals surface area contributed by atoms with E-state index in [0.717, 1.165) is 25.1 Å². The number of ether oxygens (including phenoxy) is 1. The van der Waals surface area contributed by atoms with Crippen molar-refractivity contribution in [2.45, 2.75) is 19.4 Å². The molecular weight excluding hydrogens is 266 g/mol. The molecular formula is C16H19N3O2. The fraction of sp³-hybridized carbons (Fsp3) is 0.375. The van der Waals surface area contributed by atoms with Crippen LogP contribution in [0.5, 0.6) is 0 Å². The minimum Gasteiger partial charge on any atom is -0.372 e. The molecule has 0 N–H and O–H groups in total. The highest BCUT2D eigenvalue weighted by Gasteiger charge is 2.26. The zero-order valence-corrected chi connectivity index (χ0v) is 12.2. The van der Waals surface area contributed by atoms with Crippen LogP contribution in [-0.2, 0) is 4.74 Å². The first kappa shape index (κ1) is 13.8. The standard InChI is InChI=1S/C16H19N3O2/c1-3-10-20-14-8-9-19(11-14)16-17-15(18-21-16)13-6-4-12(2)5-7-13/h3-7,14H,1,8-11H2,2H3. The topological polar surface area (TPSA) is 51.4 Å². The monoisotopic (exact) mass is 285 g/mol. The number of anilines is 1. The molecule has 2 aromatic rings. The number of nitrogens with zero attached hydrogens (tertiary/aromatic N) is 3. The summed E-state index contributed by atoms with van der Waals surface area (Å²) in [7, 11) is 0. The van der Waals surface area contributed by atoms with Crippen LogP contribution >= 0.6 is 0 Å². The first-order chi connectivity index (χ1) is 10.3. The molecule has 1 aliphatic rings. The van der Waals surface area contributed by atoms with Gasteiger partial charge in [-0.1, -0.05) is 41.1 Å². The molecule has 1 saturated heterocycles. The van der Waals surface area contributed by atoms with Crippen molar-refractivity contribution in [3.05, 3.63) is 42.5 Å². The van der Waals surface area contributed by atoms with Crippen LogP contribution in [0.1, 0.15) is 12.0 Å². The minimum atomic E-state index is 0.206. The minimum absolute atomic E-state index is 0.206. The van der Waals surface area contributed by atoms with Crippen molar-refractivity contribution in [3.8, 4) is 11.4 Å². The largest absolute Gasteiger partial charge is 0.372 e. The highest BCUT2D eigenvalue weighted by atomic mass is 16.5. The van der Waals surface area contributed by atoms with Crippen molar-refractivity contribution >= 4 is 6.01 Å². The fourth-order valence-corrected chi connectivity index (χ4v) is 2.41. The summed E-state index contributed by atoms with van der Waals surface area (Å²) >= 11 is 0. The SMILES string of the molecule is C=CCOC1CCN(c2nc(-c3ccc(C)cc3)no2)C1. The van der Waals surface area contributed by atoms with Gasteiger partial charge in [-0.2, -0.15) is 4.98 Å². The Morgan fingerprint density at radius 3 is 3.00 bits per heavy atom. The molecule has 110 valence electrons. The summed E-state index contributed by atoms with van der Waals surface area (Å²) in [4.78, 5) is 6.55. The summed E-state index contributed by atoms with van der Waals surface area (Å²) in [6.07, 6.45) is 2.94. The molecule has 1 aromatic heterocycles. The molecule has 1 aromatic carbocycles. The smallest absolute Gasteiger partial charge is 0.324 e. The van der Waals surface area contributed by atoms with Gasteiger partial charge < -0.3 is 14.2 Å². The highest BCUT2D eigenvalue weighted by Crippen LogP contribution is 2.24. The molecule has 0 amide bonds. The van der Waals surface area contributed by atoms with Crippen molar-refractivity contribution in [1.29, 1.82) is 0 Å². The molecule has 1 atom stereocenters. The Morgan fingerprint density at radius 2 is 2.24 bits per heavy atom. The quantitative estimate of drug-likeness (QED) is 0.791. The van der Waals surface area contributed by atoms with Crippen LogP contribution in [0.25, 0.3) is 11.4 Å². The molecule has 5 heteroatoms. The van der Waals surface area contributed by atoms with Gasteiger partial charge in [0.25, 0.3) is 0 Å². The van der Waals surface area contributed by atoms with Crippen LogP contribution in [0.15, 0.2) is 41.4 Å². The van der Waals surface area contributed by atoms with Gasteiger partial charge in [0.15, 0.2) is 0 Å². The average Bonchev–Trinajstić information content (AvgIpc) is 3.15. The molecule has 0 bridgehead atoms. The van der Waals surface area contributed by atoms with E-state index < -0.39 is 0 Å². The molecule has 0 spiro atoms. The van der Waals surface area contributed by atoms with Gasteiger partial charge in [-0.15, -0.1) is 6.58 Å². The molecule has 5 nitrogen and oxygen atoms in total. The van der Waals surface area contributed by atoms with E-state index in [9.17, 15) is 0 Å². The molecule has 0 radical (unpaired) electrons. The molecule has 0 saturated carbocycles. The number of rotatable bonds is 5. The van der Waals surface area contributed by atoms with Gasteiger partial charge in [0.05, 0.1) is 12.7 Å². The number of aromatic nitrogens is 2. The lowest BCUT2D eigenvalue weighted by Crippen LogP contribution is -2.23. The van der Waals surface area contributed by atoms with Gasteiger partial charge >= 0.3 is 6.01 Å². The van der Waals surface area contributed by atoms with Crippen LogP contribution in [0, 0.1) is 6.92 Å². The van der Waals surface area contributed by atoms with E-state index in [-0.39, 0.29) is 6.10 Å². The maximum absolute atomic E-state index is 5.66. The van der Waals surface area contributed by atoms with E-state index in [1.807, 2.05) is 24.3 Å². The number of benzene rings is 1. The Morgan fingerprint density at radius 1 is 1.43 bits per heavy atom. The molecule has 1 aliphatic heterocycles. The highest BCUT2D eigenvalue weighted by molar-refractivity contribution is 5.56. The first-order valence-corrected chi connectivity index (χ1v) is 7.14. The summed E-state index contributed by atoms with van der Waals surface area (Å²) in [6, 6.07) is 8.66. The van der Waals surface area contributed by atoms with Crippen LogP contribution in [0.3, 0.4) is 0 Å². The van der Waals surface area contributed by atoms with Gasteiger partial charge in [0.1, 0.15) is 0 Å². The summed E-state index contributed by atoms with van der Waals surface area (Å²) in [6.45, 7) is 7.95. The predicted octanol–water partition coefficient (Wildman–Crippen LogP) is 2.83. The fourth-order valence-electron chi connectivity index (χ4n) is 2.41. The lowest BCUT2D eigenvalue weighted by atomic mass is 10.1. The Labute approximate surface area is 124 Å². The van der Waals surface area contributed by atoms with Gasteiger partial charge in [-0.3, -0.25) is 0 Å². The molecule has 2 heterocycles. The third-order valence-corrected chi connectivity index (χ3v) is 3.59. The van der Waals surface area contributed by atoms with Crippen molar-refractivity contribution < 1.29 is 9.26 Å². The van der Waals surface area contributed by atoms with Crippen molar-refractivity contribution in [3.63, 3.8) is 0 Å². The van der Waals surface area contributed by atoms with E-state index >= 15 is 0 Å². The van der Waals surface area contributed by atoms with Crippen molar-refractivity contribution in [1.82, 2.24) is 10.1 Å². The zero-order valence-electron chi connectivity index (χ0n) is 12.2. The van der Waals surface area contributed by atoms with E-state index in [4.69, 9.17) is 9.26 Å². The molecule has 1 unspecified atom stereocenters. The first-order valence-electron chi connectivity index (χ1n) is 7.14. The lowest BCUT2D eigenvalue weighted by molar-refractivity contribution is 0.0906. The molecule has 3 rings (SSSR count). The Bertz CT molecular complexity index is 606. The number of aryl methyl sites for hydroxylation is 1. The molecule has 0 aliphatic carbocycles. The van der Waals surface area contributed by atoms with Crippen LogP contribution in [-0.4, -0.2) is 35.9 Å². The third kappa shape index (κ3) is 3.13. The van der Waals surface area contributed by atoms with Gasteiger partial charge in [-0.05, 0) is 13.3 Å². The number of hydrogen-bond donors (Lipinski definition) is 0. The Hall–Kier alpha value is -2.14. The summed E-state index contributed by atoms with van der Waals surface area (Å²) in [5.74, 6) is 0.625. The summed E-state index contributed by atoms with van der Waals surface area (Å²) in [5, 5.41) is 4.06. The van der Waals surface area contributed by atoms with Crippen LogP contribution < -0.4 is 4.90 Å². The number of hydrogen-bond acceptors (Lipinski definition) is 5. The molecule has 21 heavy (non-hydrogen) atoms. The maximum atomic E-state index is 5.66. The van der Waals surface area contributed by atoms with E-state index in [2.05, 4.69) is 28.5 Å². The second-order valence-electron chi connectivity index (χ2n) is 5.25. The average molecular weight is 285 g/mol. The second kappa shape index (κ2) is 6.10. The van der Waals surface area contributed by atoms with Crippen molar-refractivity contribution in [2.24, 2.45) is 0 Å². The molecule has 1 fully saturated rings. The van der Waals surface area contributed by atoms with E-state index in [0.29, 0.717) is 18.4 Å². The van der Waals surface area contributed by atoms with E-state index in [1.54, 1.807) is 6.08 Å². The van der Waals surface area contributed by atoms with Gasteiger partial charge in [-0.25, -0.2) is 0 Å². The Kier molecular flexibility index (Phi) is 4.01. The van der Waals surface area contributed by atoms with Gasteiger partial charge in [0.2, 0.25) is 5.82 Å². The lowest BCUT2D eigenvalue weighted by Gasteiger charge is -2.12. The predicted molar refractivity (Wildman–Crippen MR) is 81.2 cm³/mol. The second-order valence-corrected chi connectivity index (χ2v) is 5.25.